The third kappa shape index (κ3) is 4.49. The van der Waals surface area contributed by atoms with E-state index in [4.69, 9.17) is 4.74 Å². The molecule has 0 aliphatic carbocycles. The fourth-order valence-corrected chi connectivity index (χ4v) is 3.76. The average molecular weight is 422 g/mol. The number of carbonyl (C=O) groups is 1. The maximum atomic E-state index is 12.5. The van der Waals surface area contributed by atoms with Crippen molar-refractivity contribution >= 4 is 22.2 Å². The van der Waals surface area contributed by atoms with Crippen molar-refractivity contribution in [3.05, 3.63) is 65.5 Å². The predicted molar refractivity (Wildman–Crippen MR) is 117 cm³/mol. The van der Waals surface area contributed by atoms with Crippen LogP contribution < -0.4 is 10.1 Å². The van der Waals surface area contributed by atoms with E-state index in [1.54, 1.807) is 16.6 Å². The fraction of sp³-hybridized carbons (Fsp3) is 0.273. The van der Waals surface area contributed by atoms with Gasteiger partial charge in [0.15, 0.2) is 5.82 Å². The zero-order chi connectivity index (χ0) is 21.1. The lowest BCUT2D eigenvalue weighted by Gasteiger charge is -2.10. The van der Waals surface area contributed by atoms with Gasteiger partial charge in [0.25, 0.3) is 5.91 Å². The quantitative estimate of drug-likeness (QED) is 0.485. The van der Waals surface area contributed by atoms with Gasteiger partial charge in [0, 0.05) is 17.7 Å². The van der Waals surface area contributed by atoms with Crippen molar-refractivity contribution in [1.29, 1.82) is 0 Å². The third-order valence-corrected chi connectivity index (χ3v) is 5.43. The van der Waals surface area contributed by atoms with Crippen LogP contribution in [0.5, 0.6) is 5.75 Å². The Bertz CT molecular complexity index is 1160. The molecule has 0 aliphatic rings. The molecule has 2 aromatic heterocycles. The number of rotatable bonds is 7. The number of carbonyl (C=O) groups excluding carboxylic acids is 1. The first-order valence-electron chi connectivity index (χ1n) is 9.79. The normalized spacial score (nSPS) is 11.2. The molecule has 154 valence electrons. The summed E-state index contributed by atoms with van der Waals surface area (Å²) in [5, 5.41) is 16.5. The first kappa shape index (κ1) is 20.0. The zero-order valence-electron chi connectivity index (χ0n) is 17.1. The van der Waals surface area contributed by atoms with Gasteiger partial charge in [0.2, 0.25) is 4.96 Å². The van der Waals surface area contributed by atoms with E-state index in [-0.39, 0.29) is 5.91 Å². The number of hydrogen-bond donors (Lipinski definition) is 1. The molecule has 2 heterocycles. The lowest BCUT2D eigenvalue weighted by atomic mass is 10.1. The van der Waals surface area contributed by atoms with Crippen LogP contribution >= 0.6 is 11.3 Å². The molecule has 0 unspecified atom stereocenters. The van der Waals surface area contributed by atoms with Crippen LogP contribution in [0.3, 0.4) is 0 Å². The summed E-state index contributed by atoms with van der Waals surface area (Å²) in [4.78, 5) is 13.3. The second-order valence-corrected chi connectivity index (χ2v) is 8.42. The van der Waals surface area contributed by atoms with E-state index >= 15 is 0 Å². The molecule has 7 nitrogen and oxygen atoms in total. The van der Waals surface area contributed by atoms with Gasteiger partial charge in [-0.2, -0.15) is 9.61 Å². The summed E-state index contributed by atoms with van der Waals surface area (Å²) in [6.07, 6.45) is 0. The van der Waals surface area contributed by atoms with Gasteiger partial charge in [-0.05, 0) is 36.6 Å². The Labute approximate surface area is 178 Å². The van der Waals surface area contributed by atoms with Gasteiger partial charge in [-0.1, -0.05) is 55.5 Å². The Morgan fingerprint density at radius 2 is 1.97 bits per heavy atom. The molecular weight excluding hydrogens is 398 g/mol. The number of ether oxygens (including phenoxy) is 1. The van der Waals surface area contributed by atoms with Crippen molar-refractivity contribution in [3.63, 3.8) is 0 Å². The smallest absolute Gasteiger partial charge is 0.251 e. The van der Waals surface area contributed by atoms with Gasteiger partial charge in [0.1, 0.15) is 10.8 Å². The van der Waals surface area contributed by atoms with Gasteiger partial charge in [-0.25, -0.2) is 0 Å². The summed E-state index contributed by atoms with van der Waals surface area (Å²) >= 11 is 1.50. The Morgan fingerprint density at radius 1 is 1.17 bits per heavy atom. The summed E-state index contributed by atoms with van der Waals surface area (Å²) in [7, 11) is 0. The highest BCUT2D eigenvalue weighted by atomic mass is 32.1. The minimum atomic E-state index is -0.127. The summed E-state index contributed by atoms with van der Waals surface area (Å²) in [5.41, 5.74) is 2.61. The van der Waals surface area contributed by atoms with Crippen LogP contribution in [0.2, 0.25) is 0 Å². The molecule has 4 aromatic rings. The molecule has 1 amide bonds. The second-order valence-electron chi connectivity index (χ2n) is 7.46. The molecule has 0 saturated heterocycles. The standard InChI is InChI=1S/C22H23N5O2S/c1-14(2)13-29-19-6-4-5-18(11-19)20(28)23-12-16-7-9-17(10-8-16)21-26-27-15(3)24-25-22(27)30-21/h4-11,14H,12-13H2,1-3H3,(H,23,28). The number of nitrogens with one attached hydrogen (secondary N) is 1. The van der Waals surface area contributed by atoms with Gasteiger partial charge in [-0.15, -0.1) is 10.2 Å². The molecule has 0 radical (unpaired) electrons. The van der Waals surface area contributed by atoms with Crippen molar-refractivity contribution < 1.29 is 9.53 Å². The number of benzene rings is 2. The molecule has 1 N–H and O–H groups in total. The van der Waals surface area contributed by atoms with Crippen LogP contribution in [-0.4, -0.2) is 32.3 Å². The van der Waals surface area contributed by atoms with Crippen molar-refractivity contribution in [2.24, 2.45) is 5.92 Å². The highest BCUT2D eigenvalue weighted by Crippen LogP contribution is 2.25. The summed E-state index contributed by atoms with van der Waals surface area (Å²) in [6, 6.07) is 15.3. The second kappa shape index (κ2) is 8.62. The van der Waals surface area contributed by atoms with Crippen molar-refractivity contribution in [2.75, 3.05) is 6.61 Å². The van der Waals surface area contributed by atoms with Crippen molar-refractivity contribution in [2.45, 2.75) is 27.3 Å². The lowest BCUT2D eigenvalue weighted by Crippen LogP contribution is -2.22. The van der Waals surface area contributed by atoms with E-state index in [0.29, 0.717) is 30.4 Å². The minimum absolute atomic E-state index is 0.127. The molecule has 0 bridgehead atoms. The van der Waals surface area contributed by atoms with E-state index in [9.17, 15) is 4.79 Å². The number of nitrogens with zero attached hydrogens (tertiary/aromatic N) is 4. The molecule has 0 atom stereocenters. The largest absolute Gasteiger partial charge is 0.493 e. The molecule has 0 aliphatic heterocycles. The highest BCUT2D eigenvalue weighted by molar-refractivity contribution is 7.19. The summed E-state index contributed by atoms with van der Waals surface area (Å²) in [5.74, 6) is 1.78. The molecule has 0 saturated carbocycles. The minimum Gasteiger partial charge on any atom is -0.493 e. The Hall–Kier alpha value is -3.26. The van der Waals surface area contributed by atoms with Crippen LogP contribution in [0.4, 0.5) is 0 Å². The zero-order valence-corrected chi connectivity index (χ0v) is 17.9. The molecular formula is C22H23N5O2S. The molecule has 30 heavy (non-hydrogen) atoms. The number of aromatic nitrogens is 4. The number of fused-ring (bicyclic) bond motifs is 1. The van der Waals surface area contributed by atoms with Crippen LogP contribution in [0.25, 0.3) is 15.5 Å². The van der Waals surface area contributed by atoms with E-state index < -0.39 is 0 Å². The number of hydrogen-bond acceptors (Lipinski definition) is 6. The van der Waals surface area contributed by atoms with Crippen LogP contribution in [0.15, 0.2) is 48.5 Å². The fourth-order valence-electron chi connectivity index (χ4n) is 2.87. The Morgan fingerprint density at radius 3 is 2.70 bits per heavy atom. The maximum absolute atomic E-state index is 12.5. The van der Waals surface area contributed by atoms with Gasteiger partial charge < -0.3 is 10.1 Å². The van der Waals surface area contributed by atoms with Crippen molar-refractivity contribution in [3.8, 4) is 16.3 Å². The first-order chi connectivity index (χ1) is 14.5. The van der Waals surface area contributed by atoms with Gasteiger partial charge >= 0.3 is 0 Å². The van der Waals surface area contributed by atoms with Crippen molar-refractivity contribution in [1.82, 2.24) is 25.1 Å². The number of aryl methyl sites for hydroxylation is 1. The highest BCUT2D eigenvalue weighted by Gasteiger charge is 2.11. The van der Waals surface area contributed by atoms with Crippen LogP contribution in [0, 0.1) is 12.8 Å². The number of amides is 1. The van der Waals surface area contributed by atoms with E-state index in [1.165, 1.54) is 11.3 Å². The molecule has 4 rings (SSSR count). The Balaban J connectivity index is 1.38. The van der Waals surface area contributed by atoms with E-state index in [2.05, 4.69) is 34.5 Å². The lowest BCUT2D eigenvalue weighted by molar-refractivity contribution is 0.0950. The summed E-state index contributed by atoms with van der Waals surface area (Å²) < 4.78 is 7.45. The van der Waals surface area contributed by atoms with Gasteiger partial charge in [0.05, 0.1) is 6.61 Å². The first-order valence-corrected chi connectivity index (χ1v) is 10.6. The van der Waals surface area contributed by atoms with E-state index in [1.807, 2.05) is 43.3 Å². The molecule has 8 heteroatoms. The maximum Gasteiger partial charge on any atom is 0.251 e. The summed E-state index contributed by atoms with van der Waals surface area (Å²) in [6.45, 7) is 7.12. The molecule has 0 fully saturated rings. The topological polar surface area (TPSA) is 81.4 Å². The molecule has 2 aromatic carbocycles. The monoisotopic (exact) mass is 421 g/mol. The third-order valence-electron chi connectivity index (χ3n) is 4.48. The van der Waals surface area contributed by atoms with Crippen LogP contribution in [-0.2, 0) is 6.54 Å². The predicted octanol–water partition coefficient (Wildman–Crippen LogP) is 4.13. The Kier molecular flexibility index (Phi) is 5.76. The van der Waals surface area contributed by atoms with Gasteiger partial charge in [-0.3, -0.25) is 4.79 Å². The van der Waals surface area contributed by atoms with Crippen LogP contribution in [0.1, 0.15) is 35.6 Å². The average Bonchev–Trinajstić information content (AvgIpc) is 3.33. The van der Waals surface area contributed by atoms with E-state index in [0.717, 1.165) is 26.9 Å². The SMILES string of the molecule is Cc1nnc2sc(-c3ccc(CNC(=O)c4cccc(OCC(C)C)c4)cc3)nn12. The molecule has 0 spiro atoms.